The first-order chi connectivity index (χ1) is 7.13. The molecule has 2 N–H and O–H groups in total. The molecule has 80 valence electrons. The Balaban J connectivity index is 2.83. The SMILES string of the molecule is Cc1ccc([C@H](CC(=O)O)NC=O)cc1. The monoisotopic (exact) mass is 207 g/mol. The Hall–Kier alpha value is -1.84. The van der Waals surface area contributed by atoms with Crippen LogP contribution in [0.4, 0.5) is 0 Å². The van der Waals surface area contributed by atoms with Crippen LogP contribution in [0.1, 0.15) is 23.6 Å². The molecule has 1 aromatic rings. The smallest absolute Gasteiger partial charge is 0.305 e. The Morgan fingerprint density at radius 1 is 1.47 bits per heavy atom. The number of aliphatic carboxylic acids is 1. The summed E-state index contributed by atoms with van der Waals surface area (Å²) in [5, 5.41) is 11.2. The zero-order chi connectivity index (χ0) is 11.3. The Kier molecular flexibility index (Phi) is 3.85. The van der Waals surface area contributed by atoms with Crippen molar-refractivity contribution in [1.82, 2.24) is 5.32 Å². The van der Waals surface area contributed by atoms with E-state index in [0.717, 1.165) is 11.1 Å². The molecule has 15 heavy (non-hydrogen) atoms. The van der Waals surface area contributed by atoms with Crippen molar-refractivity contribution in [2.75, 3.05) is 0 Å². The molecule has 4 nitrogen and oxygen atoms in total. The van der Waals surface area contributed by atoms with Crippen molar-refractivity contribution in [3.8, 4) is 0 Å². The summed E-state index contributed by atoms with van der Waals surface area (Å²) < 4.78 is 0. The Labute approximate surface area is 87.9 Å². The van der Waals surface area contributed by atoms with Crippen molar-refractivity contribution in [2.24, 2.45) is 0 Å². The third kappa shape index (κ3) is 3.42. The second kappa shape index (κ2) is 5.14. The largest absolute Gasteiger partial charge is 0.481 e. The van der Waals surface area contributed by atoms with Gasteiger partial charge < -0.3 is 10.4 Å². The molecule has 1 rings (SSSR count). The number of aryl methyl sites for hydroxylation is 1. The fourth-order valence-corrected chi connectivity index (χ4v) is 1.33. The molecule has 0 aliphatic heterocycles. The number of rotatable bonds is 5. The van der Waals surface area contributed by atoms with Crippen LogP contribution in [0, 0.1) is 6.92 Å². The lowest BCUT2D eigenvalue weighted by molar-refractivity contribution is -0.137. The maximum absolute atomic E-state index is 10.6. The number of hydrogen-bond acceptors (Lipinski definition) is 2. The Morgan fingerprint density at radius 3 is 2.53 bits per heavy atom. The summed E-state index contributed by atoms with van der Waals surface area (Å²) in [4.78, 5) is 20.9. The van der Waals surface area contributed by atoms with Crippen molar-refractivity contribution < 1.29 is 14.7 Å². The highest BCUT2D eigenvalue weighted by molar-refractivity contribution is 5.68. The van der Waals surface area contributed by atoms with Gasteiger partial charge in [0.2, 0.25) is 6.41 Å². The normalized spacial score (nSPS) is 11.8. The maximum Gasteiger partial charge on any atom is 0.305 e. The predicted octanol–water partition coefficient (Wildman–Crippen LogP) is 1.26. The molecule has 1 aromatic carbocycles. The van der Waals surface area contributed by atoms with Crippen LogP contribution in [-0.2, 0) is 9.59 Å². The number of benzene rings is 1. The van der Waals surface area contributed by atoms with Gasteiger partial charge in [-0.15, -0.1) is 0 Å². The first-order valence-electron chi connectivity index (χ1n) is 4.61. The van der Waals surface area contributed by atoms with Crippen molar-refractivity contribution in [2.45, 2.75) is 19.4 Å². The second-order valence-corrected chi connectivity index (χ2v) is 3.35. The summed E-state index contributed by atoms with van der Waals surface area (Å²) in [5.41, 5.74) is 1.90. The van der Waals surface area contributed by atoms with E-state index in [4.69, 9.17) is 5.11 Å². The molecule has 1 atom stereocenters. The fraction of sp³-hybridized carbons (Fsp3) is 0.273. The van der Waals surface area contributed by atoms with E-state index in [9.17, 15) is 9.59 Å². The lowest BCUT2D eigenvalue weighted by Crippen LogP contribution is -2.22. The lowest BCUT2D eigenvalue weighted by atomic mass is 10.0. The van der Waals surface area contributed by atoms with Crippen molar-refractivity contribution in [3.05, 3.63) is 35.4 Å². The minimum absolute atomic E-state index is 0.109. The molecule has 0 aliphatic carbocycles. The van der Waals surface area contributed by atoms with E-state index in [1.54, 1.807) is 0 Å². The highest BCUT2D eigenvalue weighted by Crippen LogP contribution is 2.16. The number of nitrogens with one attached hydrogen (secondary N) is 1. The molecular formula is C11H13NO3. The van der Waals surface area contributed by atoms with Gasteiger partial charge in [-0.25, -0.2) is 0 Å². The van der Waals surface area contributed by atoms with Crippen LogP contribution in [0.25, 0.3) is 0 Å². The maximum atomic E-state index is 10.6. The molecule has 0 fully saturated rings. The third-order valence-electron chi connectivity index (χ3n) is 2.13. The molecule has 0 saturated heterocycles. The van der Waals surface area contributed by atoms with Gasteiger partial charge in [-0.05, 0) is 12.5 Å². The van der Waals surface area contributed by atoms with E-state index >= 15 is 0 Å². The molecule has 0 aliphatic rings. The first kappa shape index (κ1) is 11.2. The van der Waals surface area contributed by atoms with E-state index in [2.05, 4.69) is 5.32 Å². The minimum Gasteiger partial charge on any atom is -0.481 e. The van der Waals surface area contributed by atoms with Crippen molar-refractivity contribution in [1.29, 1.82) is 0 Å². The van der Waals surface area contributed by atoms with Gasteiger partial charge in [-0.3, -0.25) is 9.59 Å². The number of amides is 1. The van der Waals surface area contributed by atoms with Crippen LogP contribution in [-0.4, -0.2) is 17.5 Å². The fourth-order valence-electron chi connectivity index (χ4n) is 1.33. The van der Waals surface area contributed by atoms with E-state index < -0.39 is 12.0 Å². The zero-order valence-corrected chi connectivity index (χ0v) is 8.43. The summed E-state index contributed by atoms with van der Waals surface area (Å²) in [5.74, 6) is -0.935. The summed E-state index contributed by atoms with van der Waals surface area (Å²) in [6, 6.07) is 6.95. The van der Waals surface area contributed by atoms with Gasteiger partial charge in [0.25, 0.3) is 0 Å². The van der Waals surface area contributed by atoms with Gasteiger partial charge in [0, 0.05) is 0 Å². The molecular weight excluding hydrogens is 194 g/mol. The van der Waals surface area contributed by atoms with E-state index in [1.807, 2.05) is 31.2 Å². The Bertz CT molecular complexity index is 345. The topological polar surface area (TPSA) is 66.4 Å². The molecule has 0 bridgehead atoms. The van der Waals surface area contributed by atoms with Gasteiger partial charge in [0.05, 0.1) is 12.5 Å². The zero-order valence-electron chi connectivity index (χ0n) is 8.43. The van der Waals surface area contributed by atoms with Gasteiger partial charge in [-0.2, -0.15) is 0 Å². The number of hydrogen-bond donors (Lipinski definition) is 2. The number of carbonyl (C=O) groups is 2. The molecule has 4 heteroatoms. The summed E-state index contributed by atoms with van der Waals surface area (Å²) in [7, 11) is 0. The van der Waals surface area contributed by atoms with Crippen LogP contribution in [0.5, 0.6) is 0 Å². The van der Waals surface area contributed by atoms with E-state index in [-0.39, 0.29) is 6.42 Å². The number of carbonyl (C=O) groups excluding carboxylic acids is 1. The van der Waals surface area contributed by atoms with Gasteiger partial charge in [0.1, 0.15) is 0 Å². The standard InChI is InChI=1S/C11H13NO3/c1-8-2-4-9(5-3-8)10(12-7-13)6-11(14)15/h2-5,7,10H,6H2,1H3,(H,12,13)(H,14,15)/t10-/m0/s1. The Morgan fingerprint density at radius 2 is 2.07 bits per heavy atom. The number of carboxylic acid groups (broad SMARTS) is 1. The number of carboxylic acids is 1. The van der Waals surface area contributed by atoms with Gasteiger partial charge >= 0.3 is 5.97 Å². The minimum atomic E-state index is -0.935. The van der Waals surface area contributed by atoms with Crippen LogP contribution >= 0.6 is 0 Å². The summed E-state index contributed by atoms with van der Waals surface area (Å²) >= 11 is 0. The molecule has 0 spiro atoms. The molecule has 0 heterocycles. The van der Waals surface area contributed by atoms with Crippen LogP contribution < -0.4 is 5.32 Å². The van der Waals surface area contributed by atoms with Crippen molar-refractivity contribution in [3.63, 3.8) is 0 Å². The van der Waals surface area contributed by atoms with Crippen molar-refractivity contribution >= 4 is 12.4 Å². The van der Waals surface area contributed by atoms with Crippen LogP contribution in [0.15, 0.2) is 24.3 Å². The average Bonchev–Trinajstić information content (AvgIpc) is 2.17. The average molecular weight is 207 g/mol. The first-order valence-corrected chi connectivity index (χ1v) is 4.61. The second-order valence-electron chi connectivity index (χ2n) is 3.35. The third-order valence-corrected chi connectivity index (χ3v) is 2.13. The molecule has 0 radical (unpaired) electrons. The van der Waals surface area contributed by atoms with Crippen LogP contribution in [0.3, 0.4) is 0 Å². The molecule has 0 unspecified atom stereocenters. The molecule has 0 aromatic heterocycles. The summed E-state index contributed by atoms with van der Waals surface area (Å²) in [6.07, 6.45) is 0.412. The quantitative estimate of drug-likeness (QED) is 0.714. The van der Waals surface area contributed by atoms with E-state index in [0.29, 0.717) is 6.41 Å². The highest BCUT2D eigenvalue weighted by atomic mass is 16.4. The highest BCUT2D eigenvalue weighted by Gasteiger charge is 2.13. The van der Waals surface area contributed by atoms with E-state index in [1.165, 1.54) is 0 Å². The van der Waals surface area contributed by atoms with Gasteiger partial charge in [-0.1, -0.05) is 29.8 Å². The predicted molar refractivity (Wildman–Crippen MR) is 55.4 cm³/mol. The summed E-state index contributed by atoms with van der Waals surface area (Å²) in [6.45, 7) is 1.95. The van der Waals surface area contributed by atoms with Gasteiger partial charge in [0.15, 0.2) is 0 Å². The van der Waals surface area contributed by atoms with Crippen LogP contribution in [0.2, 0.25) is 0 Å². The molecule has 0 saturated carbocycles. The molecule has 1 amide bonds. The lowest BCUT2D eigenvalue weighted by Gasteiger charge is -2.14.